The van der Waals surface area contributed by atoms with Gasteiger partial charge in [-0.15, -0.1) is 0 Å². The molecule has 0 saturated carbocycles. The molecule has 0 spiro atoms. The highest BCUT2D eigenvalue weighted by atomic mass is 15.2. The van der Waals surface area contributed by atoms with Crippen molar-refractivity contribution in [2.24, 2.45) is 0 Å². The quantitative estimate of drug-likeness (QED) is 0.862. The Morgan fingerprint density at radius 1 is 1.12 bits per heavy atom. The third kappa shape index (κ3) is 2.70. The fraction of sp³-hybridized carbons (Fsp3) is 0.600. The lowest BCUT2D eigenvalue weighted by atomic mass is 9.89. The van der Waals surface area contributed by atoms with E-state index in [1.165, 1.54) is 31.5 Å². The standard InChI is InChI=1S/C15H24N2/c1-15(2,13-7-5-4-6-8-13)17-11-9-14(16-3)10-12-17/h4-8,14,16H,9-12H2,1-3H3. The molecule has 94 valence electrons. The molecule has 1 heterocycles. The average Bonchev–Trinajstić information content (AvgIpc) is 2.40. The van der Waals surface area contributed by atoms with Crippen LogP contribution in [-0.4, -0.2) is 31.1 Å². The molecule has 0 radical (unpaired) electrons. The molecule has 0 unspecified atom stereocenters. The average molecular weight is 232 g/mol. The smallest absolute Gasteiger partial charge is 0.0404 e. The molecule has 1 aliphatic rings. The van der Waals surface area contributed by atoms with Crippen molar-refractivity contribution >= 4 is 0 Å². The Bertz CT molecular complexity index is 337. The molecular weight excluding hydrogens is 208 g/mol. The second-order valence-corrected chi connectivity index (χ2v) is 5.48. The maximum atomic E-state index is 3.39. The highest BCUT2D eigenvalue weighted by Crippen LogP contribution is 2.30. The molecule has 1 aromatic carbocycles. The Balaban J connectivity index is 2.07. The fourth-order valence-electron chi connectivity index (χ4n) is 2.76. The first-order chi connectivity index (χ1) is 8.14. The highest BCUT2D eigenvalue weighted by Gasteiger charge is 2.31. The lowest BCUT2D eigenvalue weighted by molar-refractivity contribution is 0.0827. The molecular formula is C15H24N2. The van der Waals surface area contributed by atoms with Crippen molar-refractivity contribution in [2.45, 2.75) is 38.3 Å². The van der Waals surface area contributed by atoms with Crippen molar-refractivity contribution in [3.63, 3.8) is 0 Å². The van der Waals surface area contributed by atoms with Gasteiger partial charge in [-0.3, -0.25) is 4.90 Å². The largest absolute Gasteiger partial charge is 0.317 e. The van der Waals surface area contributed by atoms with Gasteiger partial charge in [0.1, 0.15) is 0 Å². The van der Waals surface area contributed by atoms with E-state index in [4.69, 9.17) is 0 Å². The van der Waals surface area contributed by atoms with Crippen molar-refractivity contribution in [1.29, 1.82) is 0 Å². The van der Waals surface area contributed by atoms with Gasteiger partial charge >= 0.3 is 0 Å². The number of nitrogens with one attached hydrogen (secondary N) is 1. The number of piperidine rings is 1. The zero-order valence-corrected chi connectivity index (χ0v) is 11.2. The van der Waals surface area contributed by atoms with Crippen LogP contribution in [0.15, 0.2) is 30.3 Å². The summed E-state index contributed by atoms with van der Waals surface area (Å²) in [5.41, 5.74) is 1.57. The van der Waals surface area contributed by atoms with Crippen LogP contribution in [0, 0.1) is 0 Å². The Kier molecular flexibility index (Phi) is 3.85. The van der Waals surface area contributed by atoms with Gasteiger partial charge in [0.2, 0.25) is 0 Å². The number of hydrogen-bond donors (Lipinski definition) is 1. The van der Waals surface area contributed by atoms with Gasteiger partial charge in [-0.05, 0) is 39.3 Å². The molecule has 2 heteroatoms. The lowest BCUT2D eigenvalue weighted by Gasteiger charge is -2.43. The normalized spacial score (nSPS) is 19.5. The monoisotopic (exact) mass is 232 g/mol. The minimum Gasteiger partial charge on any atom is -0.317 e. The van der Waals surface area contributed by atoms with Gasteiger partial charge in [0, 0.05) is 24.7 Å². The number of likely N-dealkylation sites (tertiary alicyclic amines) is 1. The zero-order chi connectivity index (χ0) is 12.3. The van der Waals surface area contributed by atoms with Gasteiger partial charge in [0.25, 0.3) is 0 Å². The third-order valence-corrected chi connectivity index (χ3v) is 4.17. The van der Waals surface area contributed by atoms with E-state index in [2.05, 4.69) is 61.4 Å². The summed E-state index contributed by atoms with van der Waals surface area (Å²) in [5.74, 6) is 0. The number of benzene rings is 1. The van der Waals surface area contributed by atoms with Crippen LogP contribution in [0.1, 0.15) is 32.3 Å². The molecule has 2 rings (SSSR count). The topological polar surface area (TPSA) is 15.3 Å². The van der Waals surface area contributed by atoms with E-state index in [0.717, 1.165) is 0 Å². The van der Waals surface area contributed by atoms with Gasteiger partial charge < -0.3 is 5.32 Å². The SMILES string of the molecule is CNC1CCN(C(C)(C)c2ccccc2)CC1. The second kappa shape index (κ2) is 5.19. The van der Waals surface area contributed by atoms with E-state index < -0.39 is 0 Å². The summed E-state index contributed by atoms with van der Waals surface area (Å²) in [7, 11) is 2.07. The summed E-state index contributed by atoms with van der Waals surface area (Å²) >= 11 is 0. The molecule has 0 aromatic heterocycles. The van der Waals surface area contributed by atoms with E-state index in [1.807, 2.05) is 0 Å². The van der Waals surface area contributed by atoms with E-state index in [9.17, 15) is 0 Å². The van der Waals surface area contributed by atoms with Crippen LogP contribution in [0.4, 0.5) is 0 Å². The summed E-state index contributed by atoms with van der Waals surface area (Å²) in [6.07, 6.45) is 2.51. The Hall–Kier alpha value is -0.860. The molecule has 1 N–H and O–H groups in total. The summed E-state index contributed by atoms with van der Waals surface area (Å²) < 4.78 is 0. The van der Waals surface area contributed by atoms with Crippen LogP contribution >= 0.6 is 0 Å². The molecule has 1 aliphatic heterocycles. The zero-order valence-electron chi connectivity index (χ0n) is 11.2. The minimum absolute atomic E-state index is 0.153. The van der Waals surface area contributed by atoms with E-state index in [1.54, 1.807) is 0 Å². The van der Waals surface area contributed by atoms with Crippen LogP contribution in [-0.2, 0) is 5.54 Å². The number of nitrogens with zero attached hydrogens (tertiary/aromatic N) is 1. The molecule has 1 fully saturated rings. The van der Waals surface area contributed by atoms with Crippen molar-refractivity contribution in [1.82, 2.24) is 10.2 Å². The summed E-state index contributed by atoms with van der Waals surface area (Å²) in [6.45, 7) is 7.05. The minimum atomic E-state index is 0.153. The maximum Gasteiger partial charge on any atom is 0.0404 e. The summed E-state index contributed by atoms with van der Waals surface area (Å²) in [5, 5.41) is 3.39. The van der Waals surface area contributed by atoms with Crippen molar-refractivity contribution in [3.8, 4) is 0 Å². The maximum absolute atomic E-state index is 3.39. The van der Waals surface area contributed by atoms with Crippen LogP contribution in [0.2, 0.25) is 0 Å². The van der Waals surface area contributed by atoms with Crippen LogP contribution in [0.5, 0.6) is 0 Å². The van der Waals surface area contributed by atoms with Crippen LogP contribution in [0.25, 0.3) is 0 Å². The highest BCUT2D eigenvalue weighted by molar-refractivity contribution is 5.23. The second-order valence-electron chi connectivity index (χ2n) is 5.48. The van der Waals surface area contributed by atoms with E-state index in [0.29, 0.717) is 6.04 Å². The molecule has 17 heavy (non-hydrogen) atoms. The van der Waals surface area contributed by atoms with Crippen molar-refractivity contribution in [3.05, 3.63) is 35.9 Å². The van der Waals surface area contributed by atoms with Crippen molar-refractivity contribution in [2.75, 3.05) is 20.1 Å². The lowest BCUT2D eigenvalue weighted by Crippen LogP contribution is -2.49. The van der Waals surface area contributed by atoms with Gasteiger partial charge in [-0.25, -0.2) is 0 Å². The van der Waals surface area contributed by atoms with Gasteiger partial charge in [-0.2, -0.15) is 0 Å². The summed E-state index contributed by atoms with van der Waals surface area (Å²) in [6, 6.07) is 11.5. The molecule has 0 aliphatic carbocycles. The first kappa shape index (κ1) is 12.6. The van der Waals surface area contributed by atoms with E-state index >= 15 is 0 Å². The molecule has 0 bridgehead atoms. The van der Waals surface area contributed by atoms with E-state index in [-0.39, 0.29) is 5.54 Å². The molecule has 0 amide bonds. The Labute approximate surface area is 105 Å². The van der Waals surface area contributed by atoms with Gasteiger partial charge in [0.15, 0.2) is 0 Å². The van der Waals surface area contributed by atoms with Gasteiger partial charge in [0.05, 0.1) is 0 Å². The number of hydrogen-bond acceptors (Lipinski definition) is 2. The van der Waals surface area contributed by atoms with Crippen molar-refractivity contribution < 1.29 is 0 Å². The Morgan fingerprint density at radius 2 is 1.71 bits per heavy atom. The van der Waals surface area contributed by atoms with Gasteiger partial charge in [-0.1, -0.05) is 30.3 Å². The summed E-state index contributed by atoms with van der Waals surface area (Å²) in [4.78, 5) is 2.61. The predicted molar refractivity (Wildman–Crippen MR) is 73.1 cm³/mol. The first-order valence-corrected chi connectivity index (χ1v) is 6.62. The Morgan fingerprint density at radius 3 is 2.24 bits per heavy atom. The fourth-order valence-corrected chi connectivity index (χ4v) is 2.76. The molecule has 1 aromatic rings. The number of rotatable bonds is 3. The molecule has 1 saturated heterocycles. The molecule has 0 atom stereocenters. The first-order valence-electron chi connectivity index (χ1n) is 6.62. The van der Waals surface area contributed by atoms with Crippen LogP contribution < -0.4 is 5.32 Å². The predicted octanol–water partition coefficient (Wildman–Crippen LogP) is 2.61. The van der Waals surface area contributed by atoms with Crippen LogP contribution in [0.3, 0.4) is 0 Å². The molecule has 2 nitrogen and oxygen atoms in total. The third-order valence-electron chi connectivity index (χ3n) is 4.17.